The van der Waals surface area contributed by atoms with Crippen molar-refractivity contribution in [1.82, 2.24) is 9.97 Å². The number of nitro groups is 1. The van der Waals surface area contributed by atoms with Crippen molar-refractivity contribution in [2.45, 2.75) is 13.8 Å². The molecular weight excluding hydrogens is 330 g/mol. The molecule has 0 spiro atoms. The van der Waals surface area contributed by atoms with Gasteiger partial charge in [-0.3, -0.25) is 10.1 Å². The zero-order chi connectivity index (χ0) is 17.3. The molecule has 1 fully saturated rings. The predicted octanol–water partition coefficient (Wildman–Crippen LogP) is 2.98. The highest BCUT2D eigenvalue weighted by Gasteiger charge is 2.28. The Bertz CT molecular complexity index is 775. The van der Waals surface area contributed by atoms with Crippen molar-refractivity contribution in [3.8, 4) is 0 Å². The molecule has 0 unspecified atom stereocenters. The quantitative estimate of drug-likeness (QED) is 0.482. The van der Waals surface area contributed by atoms with Crippen LogP contribution >= 0.6 is 11.6 Å². The zero-order valence-electron chi connectivity index (χ0n) is 13.6. The summed E-state index contributed by atoms with van der Waals surface area (Å²) in [6.07, 6.45) is 1.27. The van der Waals surface area contributed by atoms with Gasteiger partial charge in [0, 0.05) is 31.9 Å². The van der Waals surface area contributed by atoms with Gasteiger partial charge in [-0.1, -0.05) is 23.7 Å². The largest absolute Gasteiger partial charge is 0.368 e. The van der Waals surface area contributed by atoms with E-state index in [9.17, 15) is 10.1 Å². The summed E-state index contributed by atoms with van der Waals surface area (Å²) in [5.41, 5.74) is 3.51. The molecular formula is C16H18ClN5O2. The van der Waals surface area contributed by atoms with Gasteiger partial charge in [0.1, 0.15) is 6.33 Å². The van der Waals surface area contributed by atoms with E-state index in [1.165, 1.54) is 23.1 Å². The summed E-state index contributed by atoms with van der Waals surface area (Å²) in [6, 6.07) is 6.27. The highest BCUT2D eigenvalue weighted by atomic mass is 35.5. The van der Waals surface area contributed by atoms with E-state index in [4.69, 9.17) is 11.6 Å². The van der Waals surface area contributed by atoms with E-state index >= 15 is 0 Å². The average molecular weight is 348 g/mol. The van der Waals surface area contributed by atoms with Crippen molar-refractivity contribution < 1.29 is 4.92 Å². The third-order valence-corrected chi connectivity index (χ3v) is 4.71. The molecule has 126 valence electrons. The molecule has 3 rings (SSSR count). The third kappa shape index (κ3) is 2.99. The summed E-state index contributed by atoms with van der Waals surface area (Å²) in [5.74, 6) is 0.292. The van der Waals surface area contributed by atoms with Crippen LogP contribution in [0.25, 0.3) is 0 Å². The fraction of sp³-hybridized carbons (Fsp3) is 0.375. The van der Waals surface area contributed by atoms with E-state index in [1.807, 2.05) is 4.90 Å². The molecule has 1 saturated heterocycles. The number of piperazine rings is 1. The summed E-state index contributed by atoms with van der Waals surface area (Å²) < 4.78 is 0. The molecule has 0 N–H and O–H groups in total. The van der Waals surface area contributed by atoms with E-state index in [0.717, 1.165) is 13.1 Å². The fourth-order valence-corrected chi connectivity index (χ4v) is 3.17. The van der Waals surface area contributed by atoms with Crippen LogP contribution in [0.5, 0.6) is 0 Å². The number of benzene rings is 1. The maximum absolute atomic E-state index is 11.3. The van der Waals surface area contributed by atoms with Crippen molar-refractivity contribution in [2.24, 2.45) is 0 Å². The van der Waals surface area contributed by atoms with Gasteiger partial charge in [-0.05, 0) is 31.0 Å². The Morgan fingerprint density at radius 1 is 1.12 bits per heavy atom. The van der Waals surface area contributed by atoms with Crippen molar-refractivity contribution >= 4 is 28.8 Å². The average Bonchev–Trinajstić information content (AvgIpc) is 2.57. The summed E-state index contributed by atoms with van der Waals surface area (Å²) in [7, 11) is 0. The number of hydrogen-bond acceptors (Lipinski definition) is 6. The lowest BCUT2D eigenvalue weighted by atomic mass is 10.1. The lowest BCUT2D eigenvalue weighted by Gasteiger charge is -2.37. The standard InChI is InChI=1S/C16H18ClN5O2/c1-11-4-3-5-13(12(11)2)20-6-8-21(9-7-20)16-14(22(23)24)15(17)18-10-19-16/h3-5,10H,6-9H2,1-2H3. The summed E-state index contributed by atoms with van der Waals surface area (Å²) in [5, 5.41) is 11.1. The van der Waals surface area contributed by atoms with Crippen molar-refractivity contribution in [1.29, 1.82) is 0 Å². The lowest BCUT2D eigenvalue weighted by molar-refractivity contribution is -0.384. The molecule has 0 radical (unpaired) electrons. The van der Waals surface area contributed by atoms with E-state index in [-0.39, 0.29) is 10.8 Å². The van der Waals surface area contributed by atoms with Crippen LogP contribution in [0.2, 0.25) is 5.15 Å². The Morgan fingerprint density at radius 2 is 1.79 bits per heavy atom. The molecule has 2 heterocycles. The first-order valence-corrected chi connectivity index (χ1v) is 8.08. The topological polar surface area (TPSA) is 75.4 Å². The van der Waals surface area contributed by atoms with Gasteiger partial charge < -0.3 is 9.80 Å². The first-order chi connectivity index (χ1) is 11.5. The molecule has 0 saturated carbocycles. The molecule has 1 aromatic carbocycles. The van der Waals surface area contributed by atoms with Crippen LogP contribution in [0.1, 0.15) is 11.1 Å². The van der Waals surface area contributed by atoms with Crippen LogP contribution < -0.4 is 9.80 Å². The monoisotopic (exact) mass is 347 g/mol. The maximum Gasteiger partial charge on any atom is 0.348 e. The molecule has 1 aliphatic heterocycles. The Kier molecular flexibility index (Phi) is 4.53. The van der Waals surface area contributed by atoms with Crippen LogP contribution in [0, 0.1) is 24.0 Å². The molecule has 24 heavy (non-hydrogen) atoms. The van der Waals surface area contributed by atoms with Crippen molar-refractivity contribution in [3.63, 3.8) is 0 Å². The Balaban J connectivity index is 1.80. The van der Waals surface area contributed by atoms with Crippen LogP contribution in [0.3, 0.4) is 0 Å². The maximum atomic E-state index is 11.3. The number of nitrogens with zero attached hydrogens (tertiary/aromatic N) is 5. The minimum atomic E-state index is -0.519. The number of rotatable bonds is 3. The predicted molar refractivity (Wildman–Crippen MR) is 94.0 cm³/mol. The molecule has 0 atom stereocenters. The van der Waals surface area contributed by atoms with Gasteiger partial charge in [-0.15, -0.1) is 0 Å². The number of aromatic nitrogens is 2. The van der Waals surface area contributed by atoms with E-state index < -0.39 is 4.92 Å². The minimum Gasteiger partial charge on any atom is -0.368 e. The molecule has 0 amide bonds. The molecule has 0 bridgehead atoms. The number of aryl methyl sites for hydroxylation is 1. The molecule has 0 aliphatic carbocycles. The minimum absolute atomic E-state index is 0.123. The first-order valence-electron chi connectivity index (χ1n) is 7.70. The second-order valence-electron chi connectivity index (χ2n) is 5.79. The van der Waals surface area contributed by atoms with Crippen LogP contribution in [0.15, 0.2) is 24.5 Å². The Hall–Kier alpha value is -2.41. The SMILES string of the molecule is Cc1cccc(N2CCN(c3ncnc(Cl)c3[N+](=O)[O-])CC2)c1C. The third-order valence-electron chi connectivity index (χ3n) is 4.44. The Morgan fingerprint density at radius 3 is 2.46 bits per heavy atom. The van der Waals surface area contributed by atoms with Crippen molar-refractivity contribution in [2.75, 3.05) is 36.0 Å². The molecule has 1 aliphatic rings. The summed E-state index contributed by atoms with van der Waals surface area (Å²) in [4.78, 5) is 22.7. The van der Waals surface area contributed by atoms with Crippen LogP contribution in [-0.2, 0) is 0 Å². The van der Waals surface area contributed by atoms with Crippen LogP contribution in [0.4, 0.5) is 17.2 Å². The molecule has 2 aromatic rings. The van der Waals surface area contributed by atoms with Gasteiger partial charge in [-0.2, -0.15) is 0 Å². The Labute approximate surface area is 145 Å². The van der Waals surface area contributed by atoms with Gasteiger partial charge in [0.2, 0.25) is 11.0 Å². The second kappa shape index (κ2) is 6.60. The number of anilines is 2. The van der Waals surface area contributed by atoms with Crippen LogP contribution in [-0.4, -0.2) is 41.1 Å². The number of halogens is 1. The fourth-order valence-electron chi connectivity index (χ4n) is 2.97. The first kappa shape index (κ1) is 16.4. The van der Waals surface area contributed by atoms with Gasteiger partial charge >= 0.3 is 5.69 Å². The summed E-state index contributed by atoms with van der Waals surface area (Å²) >= 11 is 5.88. The van der Waals surface area contributed by atoms with Crippen molar-refractivity contribution in [3.05, 3.63) is 50.9 Å². The molecule has 8 heteroatoms. The normalized spacial score (nSPS) is 14.8. The van der Waals surface area contributed by atoms with Gasteiger partial charge in [0.25, 0.3) is 0 Å². The van der Waals surface area contributed by atoms with Gasteiger partial charge in [0.05, 0.1) is 4.92 Å². The van der Waals surface area contributed by atoms with E-state index in [1.54, 1.807) is 0 Å². The lowest BCUT2D eigenvalue weighted by Crippen LogP contribution is -2.47. The zero-order valence-corrected chi connectivity index (χ0v) is 14.3. The molecule has 1 aromatic heterocycles. The highest BCUT2D eigenvalue weighted by Crippen LogP contribution is 2.32. The van der Waals surface area contributed by atoms with Gasteiger partial charge in [0.15, 0.2) is 0 Å². The summed E-state index contributed by atoms with van der Waals surface area (Å²) in [6.45, 7) is 7.03. The smallest absolute Gasteiger partial charge is 0.348 e. The number of hydrogen-bond donors (Lipinski definition) is 0. The van der Waals surface area contributed by atoms with E-state index in [0.29, 0.717) is 18.9 Å². The van der Waals surface area contributed by atoms with Gasteiger partial charge in [-0.25, -0.2) is 9.97 Å². The van der Waals surface area contributed by atoms with E-state index in [2.05, 4.69) is 46.9 Å². The molecule has 7 nitrogen and oxygen atoms in total. The highest BCUT2D eigenvalue weighted by molar-refractivity contribution is 6.31. The second-order valence-corrected chi connectivity index (χ2v) is 6.14.